The van der Waals surface area contributed by atoms with E-state index < -0.39 is 11.8 Å². The summed E-state index contributed by atoms with van der Waals surface area (Å²) in [6, 6.07) is 5.24. The highest BCUT2D eigenvalue weighted by Gasteiger charge is 2.65. The van der Waals surface area contributed by atoms with Gasteiger partial charge in [-0.25, -0.2) is 10.9 Å². The van der Waals surface area contributed by atoms with E-state index in [4.69, 9.17) is 0 Å². The van der Waals surface area contributed by atoms with E-state index >= 15 is 0 Å². The highest BCUT2D eigenvalue weighted by atomic mass is 19.4. The molecule has 2 rings (SSSR count). The Labute approximate surface area is 109 Å². The topological polar surface area (TPSA) is 73.0 Å². The lowest BCUT2D eigenvalue weighted by Crippen LogP contribution is -2.34. The zero-order chi connectivity index (χ0) is 14.7. The summed E-state index contributed by atoms with van der Waals surface area (Å²) in [5.74, 6) is -0.339. The van der Waals surface area contributed by atoms with E-state index in [9.17, 15) is 18.0 Å². The standard InChI is InChI=1S/C10H10F3N3O.C2H6/c1-14-8(17)6-2-4-7(5-3-6)9(15-16-9)10(11,12)13;1-2/h2-5,15-16H,1H3,(H,14,17);1-2H3. The molecule has 1 amide bonds. The largest absolute Gasteiger partial charge is 0.426 e. The third kappa shape index (κ3) is 2.87. The molecular formula is C12H16F3N3O. The fourth-order valence-electron chi connectivity index (χ4n) is 1.53. The molecule has 1 aliphatic heterocycles. The van der Waals surface area contributed by atoms with Gasteiger partial charge in [0.1, 0.15) is 0 Å². The lowest BCUT2D eigenvalue weighted by molar-refractivity contribution is -0.165. The lowest BCUT2D eigenvalue weighted by atomic mass is 10.0. The Balaban J connectivity index is 0.000000861. The first-order valence-corrected chi connectivity index (χ1v) is 5.84. The summed E-state index contributed by atoms with van der Waals surface area (Å²) in [7, 11) is 1.46. The molecule has 0 bridgehead atoms. The Morgan fingerprint density at radius 1 is 1.16 bits per heavy atom. The van der Waals surface area contributed by atoms with Crippen LogP contribution in [0.4, 0.5) is 13.2 Å². The predicted octanol–water partition coefficient (Wildman–Crippen LogP) is 1.90. The average Bonchev–Trinajstić information content (AvgIpc) is 3.21. The summed E-state index contributed by atoms with van der Waals surface area (Å²) in [4.78, 5) is 11.2. The first-order chi connectivity index (χ1) is 8.90. The minimum Gasteiger partial charge on any atom is -0.355 e. The van der Waals surface area contributed by atoms with Crippen molar-refractivity contribution >= 4 is 5.91 Å². The number of hydrogen-bond donors (Lipinski definition) is 3. The summed E-state index contributed by atoms with van der Waals surface area (Å²) in [6.07, 6.45) is -4.43. The van der Waals surface area contributed by atoms with Gasteiger partial charge >= 0.3 is 6.18 Å². The van der Waals surface area contributed by atoms with Crippen LogP contribution in [0, 0.1) is 0 Å². The van der Waals surface area contributed by atoms with E-state index in [0.29, 0.717) is 5.56 Å². The van der Waals surface area contributed by atoms with Gasteiger partial charge in [0.2, 0.25) is 5.66 Å². The second kappa shape index (κ2) is 5.58. The number of carbonyl (C=O) groups is 1. The molecule has 106 valence electrons. The number of amides is 1. The van der Waals surface area contributed by atoms with Gasteiger partial charge in [0.25, 0.3) is 5.91 Å². The zero-order valence-electron chi connectivity index (χ0n) is 10.9. The molecule has 3 N–H and O–H groups in total. The monoisotopic (exact) mass is 275 g/mol. The van der Waals surface area contributed by atoms with Crippen LogP contribution in [0.25, 0.3) is 0 Å². The van der Waals surface area contributed by atoms with Crippen molar-refractivity contribution in [2.24, 2.45) is 0 Å². The molecular weight excluding hydrogens is 259 g/mol. The Morgan fingerprint density at radius 3 is 1.95 bits per heavy atom. The van der Waals surface area contributed by atoms with Crippen molar-refractivity contribution in [3.63, 3.8) is 0 Å². The second-order valence-electron chi connectivity index (χ2n) is 3.65. The molecule has 0 radical (unpaired) electrons. The number of benzene rings is 1. The third-order valence-electron chi connectivity index (χ3n) is 2.61. The van der Waals surface area contributed by atoms with Gasteiger partial charge in [-0.05, 0) is 17.7 Å². The van der Waals surface area contributed by atoms with Gasteiger partial charge in [-0.3, -0.25) is 4.79 Å². The van der Waals surface area contributed by atoms with Crippen molar-refractivity contribution in [2.45, 2.75) is 25.7 Å². The lowest BCUT2D eigenvalue weighted by Gasteiger charge is -2.16. The van der Waals surface area contributed by atoms with Gasteiger partial charge in [-0.15, -0.1) is 0 Å². The van der Waals surface area contributed by atoms with E-state index in [1.165, 1.54) is 31.3 Å². The van der Waals surface area contributed by atoms with Crippen molar-refractivity contribution in [3.05, 3.63) is 35.4 Å². The molecule has 1 aromatic rings. The van der Waals surface area contributed by atoms with Gasteiger partial charge < -0.3 is 5.32 Å². The zero-order valence-corrected chi connectivity index (χ0v) is 10.9. The minimum atomic E-state index is -4.43. The fraction of sp³-hybridized carbons (Fsp3) is 0.417. The molecule has 4 nitrogen and oxygen atoms in total. The minimum absolute atomic E-state index is 0.0256. The summed E-state index contributed by atoms with van der Waals surface area (Å²) in [5.41, 5.74) is 2.35. The number of alkyl halides is 3. The normalized spacial score (nSPS) is 16.1. The Hall–Kier alpha value is -1.60. The number of carbonyl (C=O) groups excluding carboxylic acids is 1. The van der Waals surface area contributed by atoms with Crippen LogP contribution in [0.1, 0.15) is 29.8 Å². The van der Waals surface area contributed by atoms with Crippen LogP contribution in [0.5, 0.6) is 0 Å². The Kier molecular flexibility index (Phi) is 4.54. The van der Waals surface area contributed by atoms with Crippen LogP contribution in [0.15, 0.2) is 24.3 Å². The highest BCUT2D eigenvalue weighted by molar-refractivity contribution is 5.93. The van der Waals surface area contributed by atoms with Crippen LogP contribution in [0.3, 0.4) is 0 Å². The van der Waals surface area contributed by atoms with Crippen LogP contribution in [-0.2, 0) is 5.66 Å². The van der Waals surface area contributed by atoms with Gasteiger partial charge in [-0.1, -0.05) is 26.0 Å². The van der Waals surface area contributed by atoms with Crippen molar-refractivity contribution < 1.29 is 18.0 Å². The first kappa shape index (κ1) is 15.5. The smallest absolute Gasteiger partial charge is 0.355 e. The Morgan fingerprint density at radius 2 is 1.63 bits per heavy atom. The molecule has 1 saturated heterocycles. The predicted molar refractivity (Wildman–Crippen MR) is 65.2 cm³/mol. The maximum atomic E-state index is 12.7. The molecule has 1 aliphatic rings. The van der Waals surface area contributed by atoms with Crippen LogP contribution in [-0.4, -0.2) is 19.1 Å². The van der Waals surface area contributed by atoms with E-state index in [2.05, 4.69) is 16.2 Å². The number of nitrogens with one attached hydrogen (secondary N) is 3. The summed E-state index contributed by atoms with van der Waals surface area (Å²) >= 11 is 0. The SMILES string of the molecule is CC.CNC(=O)c1ccc(C2(C(F)(F)F)NN2)cc1. The maximum absolute atomic E-state index is 12.7. The summed E-state index contributed by atoms with van der Waals surface area (Å²) in [6.45, 7) is 4.00. The number of halogens is 3. The van der Waals surface area contributed by atoms with Gasteiger partial charge in [0, 0.05) is 12.6 Å². The molecule has 7 heteroatoms. The number of hydrogen-bond acceptors (Lipinski definition) is 3. The van der Waals surface area contributed by atoms with Gasteiger partial charge in [0.05, 0.1) is 0 Å². The molecule has 0 aromatic heterocycles. The van der Waals surface area contributed by atoms with Gasteiger partial charge in [-0.2, -0.15) is 13.2 Å². The van der Waals surface area contributed by atoms with Crippen LogP contribution < -0.4 is 16.2 Å². The maximum Gasteiger partial charge on any atom is 0.426 e. The fourth-order valence-corrected chi connectivity index (χ4v) is 1.53. The molecule has 1 aromatic carbocycles. The van der Waals surface area contributed by atoms with Crippen molar-refractivity contribution in [1.29, 1.82) is 0 Å². The van der Waals surface area contributed by atoms with E-state index in [-0.39, 0.29) is 11.5 Å². The van der Waals surface area contributed by atoms with Crippen LogP contribution >= 0.6 is 0 Å². The van der Waals surface area contributed by atoms with E-state index in [1.54, 1.807) is 0 Å². The highest BCUT2D eigenvalue weighted by Crippen LogP contribution is 2.41. The van der Waals surface area contributed by atoms with Crippen molar-refractivity contribution in [3.8, 4) is 0 Å². The first-order valence-electron chi connectivity index (χ1n) is 5.84. The second-order valence-corrected chi connectivity index (χ2v) is 3.65. The molecule has 0 atom stereocenters. The summed E-state index contributed by atoms with van der Waals surface area (Å²) in [5, 5.41) is 2.39. The molecule has 0 aliphatic carbocycles. The van der Waals surface area contributed by atoms with Crippen molar-refractivity contribution in [1.82, 2.24) is 16.2 Å². The number of rotatable bonds is 2. The molecule has 1 heterocycles. The van der Waals surface area contributed by atoms with E-state index in [1.807, 2.05) is 13.8 Å². The van der Waals surface area contributed by atoms with Crippen molar-refractivity contribution in [2.75, 3.05) is 7.05 Å². The molecule has 0 spiro atoms. The van der Waals surface area contributed by atoms with Crippen LogP contribution in [0.2, 0.25) is 0 Å². The third-order valence-corrected chi connectivity index (χ3v) is 2.61. The molecule has 19 heavy (non-hydrogen) atoms. The number of hydrazine groups is 1. The quantitative estimate of drug-likeness (QED) is 0.722. The molecule has 0 unspecified atom stereocenters. The van der Waals surface area contributed by atoms with Gasteiger partial charge in [0.15, 0.2) is 0 Å². The van der Waals surface area contributed by atoms with E-state index in [0.717, 1.165) is 0 Å². The average molecular weight is 275 g/mol. The summed E-state index contributed by atoms with van der Waals surface area (Å²) < 4.78 is 38.1. The molecule has 0 saturated carbocycles. The molecule has 1 fully saturated rings. The Bertz CT molecular complexity index is 439.